The molecular weight excluding hydrogens is 424 g/mol. The van der Waals surface area contributed by atoms with Gasteiger partial charge in [-0.05, 0) is 36.8 Å². The third kappa shape index (κ3) is 4.77. The highest BCUT2D eigenvalue weighted by Crippen LogP contribution is 2.32. The topological polar surface area (TPSA) is 106 Å². The number of cyclic esters (lactones) is 1. The minimum absolute atomic E-state index is 0.0501. The molecule has 2 heterocycles. The molecule has 2 aromatic carbocycles. The van der Waals surface area contributed by atoms with Crippen LogP contribution in [0.1, 0.15) is 17.2 Å². The Bertz CT molecular complexity index is 980. The van der Waals surface area contributed by atoms with Crippen LogP contribution in [0.3, 0.4) is 0 Å². The van der Waals surface area contributed by atoms with Crippen LogP contribution in [0.5, 0.6) is 0 Å². The molecule has 2 aliphatic rings. The average Bonchev–Trinajstić information content (AvgIpc) is 3.14. The van der Waals surface area contributed by atoms with Crippen molar-refractivity contribution in [2.75, 3.05) is 36.1 Å². The Morgan fingerprint density at radius 1 is 1.06 bits per heavy atom. The fraction of sp³-hybridized carbons (Fsp3) is 0.333. The molecule has 4 rings (SSSR count). The summed E-state index contributed by atoms with van der Waals surface area (Å²) in [7, 11) is 0. The number of amides is 2. The largest absolute Gasteiger partial charge is 0.441 e. The monoisotopic (exact) mass is 446 g/mol. The molecule has 0 aliphatic carbocycles. The van der Waals surface area contributed by atoms with E-state index in [0.29, 0.717) is 24.4 Å². The van der Waals surface area contributed by atoms with E-state index in [0.717, 1.165) is 11.3 Å². The van der Waals surface area contributed by atoms with Crippen molar-refractivity contribution in [3.8, 4) is 0 Å². The summed E-state index contributed by atoms with van der Waals surface area (Å²) in [5.41, 5.74) is 2.97. The van der Waals surface area contributed by atoms with Gasteiger partial charge in [0.05, 0.1) is 13.2 Å². The number of hydrogen-bond donors (Lipinski definition) is 1. The number of ether oxygens (including phenoxy) is 2. The summed E-state index contributed by atoms with van der Waals surface area (Å²) in [6.07, 6.45) is -2.25. The molecular formula is C21H22N2O7S. The fourth-order valence-electron chi connectivity index (χ4n) is 3.63. The highest BCUT2D eigenvalue weighted by Gasteiger charge is 2.40. The fourth-order valence-corrected chi connectivity index (χ4v) is 4.05. The molecule has 9 nitrogen and oxygen atoms in total. The minimum Gasteiger partial charge on any atom is -0.441 e. The molecule has 2 aliphatic heterocycles. The van der Waals surface area contributed by atoms with Gasteiger partial charge in [0.2, 0.25) is 0 Å². The lowest BCUT2D eigenvalue weighted by atomic mass is 10.0. The second-order valence-electron chi connectivity index (χ2n) is 7.29. The van der Waals surface area contributed by atoms with Crippen molar-refractivity contribution in [3.63, 3.8) is 0 Å². The third-order valence-corrected chi connectivity index (χ3v) is 5.60. The summed E-state index contributed by atoms with van der Waals surface area (Å²) >= 11 is -2.53. The number of aryl methyl sites for hydroxylation is 1. The quantitative estimate of drug-likeness (QED) is 0.680. The van der Waals surface area contributed by atoms with Crippen LogP contribution >= 0.6 is 0 Å². The molecule has 0 aromatic heterocycles. The van der Waals surface area contributed by atoms with Gasteiger partial charge in [0.15, 0.2) is 6.10 Å². The van der Waals surface area contributed by atoms with E-state index in [4.69, 9.17) is 13.7 Å². The van der Waals surface area contributed by atoms with Gasteiger partial charge >= 0.3 is 17.5 Å². The minimum atomic E-state index is -2.53. The highest BCUT2D eigenvalue weighted by atomic mass is 32.2. The molecule has 3 atom stereocenters. The van der Waals surface area contributed by atoms with Gasteiger partial charge in [0.1, 0.15) is 12.7 Å². The van der Waals surface area contributed by atoms with Crippen molar-refractivity contribution in [1.82, 2.24) is 0 Å². The van der Waals surface area contributed by atoms with Crippen LogP contribution in [-0.4, -0.2) is 53.2 Å². The molecule has 10 heteroatoms. The number of hydrogen-bond acceptors (Lipinski definition) is 6. The summed E-state index contributed by atoms with van der Waals surface area (Å²) < 4.78 is 36.4. The predicted molar refractivity (Wildman–Crippen MR) is 113 cm³/mol. The number of morpholine rings is 1. The summed E-state index contributed by atoms with van der Waals surface area (Å²) in [5, 5.41) is 0. The summed E-state index contributed by atoms with van der Waals surface area (Å²) in [6, 6.07) is 14.2. The highest BCUT2D eigenvalue weighted by molar-refractivity contribution is 7.74. The molecule has 2 unspecified atom stereocenters. The number of carbonyl (C=O) groups excluding carboxylic acids is 2. The SMILES string of the molecule is Cc1ccc(C(OS(=O)O)[C@H]2CN(c3ccc(N4CCOCC4=O)cc3)C(=O)O2)cc1. The first-order chi connectivity index (χ1) is 14.9. The van der Waals surface area contributed by atoms with Gasteiger partial charge in [-0.15, -0.1) is 0 Å². The van der Waals surface area contributed by atoms with Crippen LogP contribution in [0.25, 0.3) is 0 Å². The average molecular weight is 446 g/mol. The van der Waals surface area contributed by atoms with Gasteiger partial charge < -0.3 is 14.4 Å². The number of carbonyl (C=O) groups is 2. The van der Waals surface area contributed by atoms with Gasteiger partial charge in [-0.2, -0.15) is 4.21 Å². The number of nitrogens with zero attached hydrogens (tertiary/aromatic N) is 2. The lowest BCUT2D eigenvalue weighted by Gasteiger charge is -2.27. The second kappa shape index (κ2) is 9.15. The van der Waals surface area contributed by atoms with Crippen LogP contribution in [0.2, 0.25) is 0 Å². The molecule has 2 aromatic rings. The molecule has 2 saturated heterocycles. The zero-order valence-corrected chi connectivity index (χ0v) is 17.6. The van der Waals surface area contributed by atoms with E-state index < -0.39 is 29.7 Å². The van der Waals surface area contributed by atoms with Crippen LogP contribution in [-0.2, 0) is 29.8 Å². The summed E-state index contributed by atoms with van der Waals surface area (Å²) in [4.78, 5) is 27.6. The van der Waals surface area contributed by atoms with E-state index in [-0.39, 0.29) is 19.1 Å². The van der Waals surface area contributed by atoms with Crippen molar-refractivity contribution in [3.05, 3.63) is 59.7 Å². The van der Waals surface area contributed by atoms with E-state index in [9.17, 15) is 18.4 Å². The summed E-state index contributed by atoms with van der Waals surface area (Å²) in [5.74, 6) is -0.116. The standard InChI is InChI=1S/C21H22N2O7S/c1-14-2-4-15(5-3-14)20(30-31(26)27)18-12-23(21(25)29-18)17-8-6-16(7-9-17)22-10-11-28-13-19(22)24/h2-9,18,20H,10-13H2,1H3,(H,26,27)/t18-,20?/m1/s1. The second-order valence-corrected chi connectivity index (χ2v) is 7.92. The molecule has 0 saturated carbocycles. The maximum Gasteiger partial charge on any atom is 0.414 e. The molecule has 164 valence electrons. The van der Waals surface area contributed by atoms with Gasteiger partial charge in [-0.3, -0.25) is 18.4 Å². The Labute approximate surface area is 182 Å². The third-order valence-electron chi connectivity index (χ3n) is 5.22. The van der Waals surface area contributed by atoms with Gasteiger partial charge in [-0.25, -0.2) is 4.79 Å². The van der Waals surface area contributed by atoms with Crippen molar-refractivity contribution in [1.29, 1.82) is 0 Å². The Hall–Kier alpha value is -2.79. The van der Waals surface area contributed by atoms with E-state index in [1.807, 2.05) is 19.1 Å². The lowest BCUT2D eigenvalue weighted by molar-refractivity contribution is -0.125. The number of benzene rings is 2. The van der Waals surface area contributed by atoms with Crippen molar-refractivity contribution >= 4 is 34.7 Å². The van der Waals surface area contributed by atoms with Crippen LogP contribution < -0.4 is 9.80 Å². The maximum atomic E-state index is 12.5. The zero-order chi connectivity index (χ0) is 22.0. The van der Waals surface area contributed by atoms with E-state index in [1.165, 1.54) is 4.90 Å². The van der Waals surface area contributed by atoms with Crippen molar-refractivity contribution in [2.45, 2.75) is 19.1 Å². The normalized spacial score (nSPS) is 21.2. The molecule has 2 amide bonds. The first-order valence-corrected chi connectivity index (χ1v) is 10.8. The Morgan fingerprint density at radius 3 is 2.32 bits per heavy atom. The lowest BCUT2D eigenvalue weighted by Crippen LogP contribution is -2.41. The van der Waals surface area contributed by atoms with Crippen LogP contribution in [0.15, 0.2) is 48.5 Å². The van der Waals surface area contributed by atoms with Crippen LogP contribution in [0.4, 0.5) is 16.2 Å². The van der Waals surface area contributed by atoms with Gasteiger partial charge in [0.25, 0.3) is 5.91 Å². The molecule has 1 N–H and O–H groups in total. The van der Waals surface area contributed by atoms with Gasteiger partial charge in [-0.1, -0.05) is 29.8 Å². The first kappa shape index (κ1) is 21.4. The Kier molecular flexibility index (Phi) is 6.33. The summed E-state index contributed by atoms with van der Waals surface area (Å²) in [6.45, 7) is 3.06. The molecule has 2 fully saturated rings. The molecule has 0 radical (unpaired) electrons. The smallest absolute Gasteiger partial charge is 0.414 e. The molecule has 0 bridgehead atoms. The van der Waals surface area contributed by atoms with Crippen LogP contribution in [0, 0.1) is 6.92 Å². The van der Waals surface area contributed by atoms with E-state index in [2.05, 4.69) is 0 Å². The van der Waals surface area contributed by atoms with Crippen molar-refractivity contribution < 1.29 is 32.0 Å². The Morgan fingerprint density at radius 2 is 1.71 bits per heavy atom. The number of anilines is 2. The first-order valence-electron chi connectivity index (χ1n) is 9.73. The Balaban J connectivity index is 1.51. The van der Waals surface area contributed by atoms with Gasteiger partial charge in [0, 0.05) is 17.9 Å². The zero-order valence-electron chi connectivity index (χ0n) is 16.8. The van der Waals surface area contributed by atoms with E-state index in [1.54, 1.807) is 41.3 Å². The predicted octanol–water partition coefficient (Wildman–Crippen LogP) is 2.58. The number of rotatable bonds is 6. The van der Waals surface area contributed by atoms with Crippen molar-refractivity contribution in [2.24, 2.45) is 0 Å². The maximum absolute atomic E-state index is 12.5. The van der Waals surface area contributed by atoms with E-state index >= 15 is 0 Å². The molecule has 0 spiro atoms. The molecule has 31 heavy (non-hydrogen) atoms.